The molecular formula is C15H19N3O2S. The summed E-state index contributed by atoms with van der Waals surface area (Å²) in [6.45, 7) is 3.60. The summed E-state index contributed by atoms with van der Waals surface area (Å²) in [5.41, 5.74) is 6.85. The minimum Gasteiger partial charge on any atom is -0.497 e. The van der Waals surface area contributed by atoms with Crippen LogP contribution in [-0.4, -0.2) is 30.1 Å². The van der Waals surface area contributed by atoms with E-state index in [1.807, 2.05) is 24.3 Å². The Labute approximate surface area is 128 Å². The zero-order chi connectivity index (χ0) is 14.7. The molecule has 3 rings (SSSR count). The van der Waals surface area contributed by atoms with Crippen LogP contribution in [-0.2, 0) is 13.1 Å². The van der Waals surface area contributed by atoms with Gasteiger partial charge in [0.05, 0.1) is 19.4 Å². The van der Waals surface area contributed by atoms with Crippen LogP contribution in [0.1, 0.15) is 17.0 Å². The van der Waals surface area contributed by atoms with Gasteiger partial charge in [0, 0.05) is 24.5 Å². The van der Waals surface area contributed by atoms with Crippen LogP contribution < -0.4 is 15.2 Å². The van der Waals surface area contributed by atoms with Crippen LogP contribution in [0.2, 0.25) is 0 Å². The topological polar surface area (TPSA) is 60.6 Å². The molecule has 1 aliphatic heterocycles. The molecule has 0 atom stereocenters. The quantitative estimate of drug-likeness (QED) is 0.831. The molecule has 0 radical (unpaired) electrons. The number of aromatic nitrogens is 1. The Morgan fingerprint density at radius 1 is 1.24 bits per heavy atom. The molecule has 6 heteroatoms. The first-order chi connectivity index (χ1) is 10.2. The summed E-state index contributed by atoms with van der Waals surface area (Å²) in [5, 5.41) is 0.683. The van der Waals surface area contributed by atoms with Crippen molar-refractivity contribution in [3.8, 4) is 11.5 Å². The van der Waals surface area contributed by atoms with Crippen molar-refractivity contribution in [2.75, 3.05) is 26.0 Å². The Kier molecular flexibility index (Phi) is 4.26. The zero-order valence-corrected chi connectivity index (χ0v) is 12.9. The van der Waals surface area contributed by atoms with Gasteiger partial charge in [-0.1, -0.05) is 0 Å². The molecule has 0 saturated carbocycles. The third kappa shape index (κ3) is 3.46. The second kappa shape index (κ2) is 6.32. The Hall–Kier alpha value is -1.79. The fraction of sp³-hybridized carbons (Fsp3) is 0.400. The molecule has 1 aliphatic rings. The van der Waals surface area contributed by atoms with Crippen LogP contribution in [0.4, 0.5) is 5.13 Å². The number of methoxy groups -OCH3 is 1. The lowest BCUT2D eigenvalue weighted by Gasteiger charge is -2.14. The van der Waals surface area contributed by atoms with E-state index in [9.17, 15) is 0 Å². The highest BCUT2D eigenvalue weighted by Gasteiger charge is 2.22. The van der Waals surface area contributed by atoms with E-state index in [1.54, 1.807) is 18.4 Å². The van der Waals surface area contributed by atoms with E-state index in [-0.39, 0.29) is 0 Å². The van der Waals surface area contributed by atoms with Crippen molar-refractivity contribution in [1.29, 1.82) is 0 Å². The first-order valence-electron chi connectivity index (χ1n) is 6.98. The first-order valence-corrected chi connectivity index (χ1v) is 7.79. The number of rotatable bonds is 6. The maximum Gasteiger partial charge on any atom is 0.180 e. The molecule has 1 aromatic heterocycles. The van der Waals surface area contributed by atoms with Crippen molar-refractivity contribution in [2.24, 2.45) is 0 Å². The number of nitrogens with zero attached hydrogens (tertiary/aromatic N) is 2. The first kappa shape index (κ1) is 14.2. The van der Waals surface area contributed by atoms with Gasteiger partial charge in [-0.15, -0.1) is 11.3 Å². The molecular weight excluding hydrogens is 286 g/mol. The number of nitrogen functional groups attached to an aromatic ring is 1. The molecule has 2 N–H and O–H groups in total. The molecule has 0 saturated heterocycles. The molecule has 112 valence electrons. The number of hydrogen-bond donors (Lipinski definition) is 1. The van der Waals surface area contributed by atoms with Gasteiger partial charge in [-0.3, -0.25) is 4.90 Å². The largest absolute Gasteiger partial charge is 0.497 e. The van der Waals surface area contributed by atoms with Gasteiger partial charge in [0.15, 0.2) is 5.13 Å². The van der Waals surface area contributed by atoms with Crippen molar-refractivity contribution in [3.05, 3.63) is 34.8 Å². The van der Waals surface area contributed by atoms with E-state index in [0.717, 1.165) is 43.2 Å². The molecule has 1 aromatic carbocycles. The highest BCUT2D eigenvalue weighted by molar-refractivity contribution is 7.15. The smallest absolute Gasteiger partial charge is 0.180 e. The Morgan fingerprint density at radius 2 is 2.00 bits per heavy atom. The third-order valence-electron chi connectivity index (χ3n) is 3.48. The number of nitrogens with two attached hydrogens (primary N) is 1. The lowest BCUT2D eigenvalue weighted by atomic mass is 10.3. The van der Waals surface area contributed by atoms with Crippen LogP contribution in [0, 0.1) is 0 Å². The van der Waals surface area contributed by atoms with Crippen LogP contribution >= 0.6 is 11.3 Å². The molecule has 0 unspecified atom stereocenters. The van der Waals surface area contributed by atoms with E-state index >= 15 is 0 Å². The fourth-order valence-corrected chi connectivity index (χ4v) is 3.31. The van der Waals surface area contributed by atoms with Gasteiger partial charge >= 0.3 is 0 Å². The van der Waals surface area contributed by atoms with Gasteiger partial charge < -0.3 is 15.2 Å². The van der Waals surface area contributed by atoms with Gasteiger partial charge in [-0.05, 0) is 30.7 Å². The lowest BCUT2D eigenvalue weighted by molar-refractivity contribution is 0.237. The molecule has 0 aliphatic carbocycles. The molecule has 5 nitrogen and oxygen atoms in total. The fourth-order valence-electron chi connectivity index (χ4n) is 2.43. The zero-order valence-electron chi connectivity index (χ0n) is 12.0. The maximum absolute atomic E-state index is 5.73. The predicted molar refractivity (Wildman–Crippen MR) is 83.7 cm³/mol. The van der Waals surface area contributed by atoms with E-state index < -0.39 is 0 Å². The SMILES string of the molecule is COc1ccc(OCCCN2Cc3nc(N)sc3C2)cc1. The Morgan fingerprint density at radius 3 is 2.71 bits per heavy atom. The van der Waals surface area contributed by atoms with Gasteiger partial charge in [0.2, 0.25) is 0 Å². The molecule has 0 fully saturated rings. The molecule has 21 heavy (non-hydrogen) atoms. The van der Waals surface area contributed by atoms with E-state index in [4.69, 9.17) is 15.2 Å². The average molecular weight is 305 g/mol. The highest BCUT2D eigenvalue weighted by Crippen LogP contribution is 2.29. The van der Waals surface area contributed by atoms with Crippen molar-refractivity contribution in [1.82, 2.24) is 9.88 Å². The summed E-state index contributed by atoms with van der Waals surface area (Å²) in [4.78, 5) is 8.03. The van der Waals surface area contributed by atoms with Crippen molar-refractivity contribution in [3.63, 3.8) is 0 Å². The summed E-state index contributed by atoms with van der Waals surface area (Å²) in [6.07, 6.45) is 0.996. The normalized spacial score (nSPS) is 14.1. The van der Waals surface area contributed by atoms with Gasteiger partial charge in [-0.25, -0.2) is 4.98 Å². The van der Waals surface area contributed by atoms with Crippen molar-refractivity contribution >= 4 is 16.5 Å². The van der Waals surface area contributed by atoms with Gasteiger partial charge in [0.1, 0.15) is 11.5 Å². The van der Waals surface area contributed by atoms with Crippen LogP contribution in [0.5, 0.6) is 11.5 Å². The van der Waals surface area contributed by atoms with E-state index in [1.165, 1.54) is 4.88 Å². The molecule has 0 spiro atoms. The van der Waals surface area contributed by atoms with Crippen LogP contribution in [0.25, 0.3) is 0 Å². The summed E-state index contributed by atoms with van der Waals surface area (Å²) in [7, 11) is 1.66. The second-order valence-electron chi connectivity index (χ2n) is 5.01. The summed E-state index contributed by atoms with van der Waals surface area (Å²) >= 11 is 1.60. The third-order valence-corrected chi connectivity index (χ3v) is 4.39. The van der Waals surface area contributed by atoms with Crippen molar-refractivity contribution in [2.45, 2.75) is 19.5 Å². The standard InChI is InChI=1S/C15H19N3O2S/c1-19-11-3-5-12(6-4-11)20-8-2-7-18-9-13-14(10-18)21-15(16)17-13/h3-6H,2,7-10H2,1H3,(H2,16,17). The minimum absolute atomic E-state index is 0.683. The Balaban J connectivity index is 1.38. The highest BCUT2D eigenvalue weighted by atomic mass is 32.1. The second-order valence-corrected chi connectivity index (χ2v) is 6.13. The number of thiazole rings is 1. The number of hydrogen-bond acceptors (Lipinski definition) is 6. The number of fused-ring (bicyclic) bond motifs is 1. The summed E-state index contributed by atoms with van der Waals surface area (Å²) < 4.78 is 10.8. The monoisotopic (exact) mass is 305 g/mol. The maximum atomic E-state index is 5.73. The Bertz CT molecular complexity index is 574. The molecule has 0 bridgehead atoms. The lowest BCUT2D eigenvalue weighted by Crippen LogP contribution is -2.19. The summed E-state index contributed by atoms with van der Waals surface area (Å²) in [5.74, 6) is 1.73. The van der Waals surface area contributed by atoms with Crippen molar-refractivity contribution < 1.29 is 9.47 Å². The minimum atomic E-state index is 0.683. The van der Waals surface area contributed by atoms with Crippen LogP contribution in [0.15, 0.2) is 24.3 Å². The molecule has 2 heterocycles. The molecule has 2 aromatic rings. The van der Waals surface area contributed by atoms with Gasteiger partial charge in [0.25, 0.3) is 0 Å². The average Bonchev–Trinajstić information content (AvgIpc) is 3.01. The van der Waals surface area contributed by atoms with Gasteiger partial charge in [-0.2, -0.15) is 0 Å². The van der Waals surface area contributed by atoms with E-state index in [2.05, 4.69) is 9.88 Å². The van der Waals surface area contributed by atoms with E-state index in [0.29, 0.717) is 11.7 Å². The van der Waals surface area contributed by atoms with Crippen LogP contribution in [0.3, 0.4) is 0 Å². The number of ether oxygens (including phenoxy) is 2. The number of benzene rings is 1. The predicted octanol–water partition coefficient (Wildman–Crippen LogP) is 2.52. The molecule has 0 amide bonds. The number of anilines is 1. The summed E-state index contributed by atoms with van der Waals surface area (Å²) in [6, 6.07) is 7.67.